The molecule has 1 heterocycles. The van der Waals surface area contributed by atoms with Crippen LogP contribution in [0.3, 0.4) is 0 Å². The molecule has 8 nitrogen and oxygen atoms in total. The van der Waals surface area contributed by atoms with Gasteiger partial charge in [-0.05, 0) is 63.3 Å². The number of amides is 1. The smallest absolute Gasteiger partial charge is 0.295 e. The number of methoxy groups -OCH3 is 2. The van der Waals surface area contributed by atoms with Gasteiger partial charge in [-0.3, -0.25) is 9.59 Å². The summed E-state index contributed by atoms with van der Waals surface area (Å²) in [5, 5.41) is 11.3. The van der Waals surface area contributed by atoms with E-state index < -0.39 is 17.7 Å². The van der Waals surface area contributed by atoms with Gasteiger partial charge in [-0.2, -0.15) is 0 Å². The number of rotatable bonds is 11. The Morgan fingerprint density at radius 3 is 2.33 bits per heavy atom. The first-order valence-electron chi connectivity index (χ1n) is 12.1. The summed E-state index contributed by atoms with van der Waals surface area (Å²) < 4.78 is 16.8. The number of nitrogens with zero attached hydrogens (tertiary/aromatic N) is 2. The highest BCUT2D eigenvalue weighted by molar-refractivity contribution is 6.46. The molecule has 0 unspecified atom stereocenters. The topological polar surface area (TPSA) is 88.5 Å². The van der Waals surface area contributed by atoms with Crippen LogP contribution in [0.15, 0.2) is 48.0 Å². The van der Waals surface area contributed by atoms with Crippen LogP contribution in [0.5, 0.6) is 17.2 Å². The predicted molar refractivity (Wildman–Crippen MR) is 139 cm³/mol. The number of ether oxygens (including phenoxy) is 3. The van der Waals surface area contributed by atoms with E-state index in [1.54, 1.807) is 42.5 Å². The zero-order valence-electron chi connectivity index (χ0n) is 21.9. The van der Waals surface area contributed by atoms with E-state index in [2.05, 4.69) is 13.8 Å². The molecule has 8 heteroatoms. The largest absolute Gasteiger partial charge is 0.507 e. The molecule has 1 fully saturated rings. The predicted octanol–water partition coefficient (Wildman–Crippen LogP) is 4.11. The van der Waals surface area contributed by atoms with Crippen molar-refractivity contribution >= 4 is 17.4 Å². The van der Waals surface area contributed by atoms with Crippen LogP contribution < -0.4 is 14.2 Å². The van der Waals surface area contributed by atoms with E-state index in [9.17, 15) is 14.7 Å². The van der Waals surface area contributed by atoms with Gasteiger partial charge in [0.25, 0.3) is 11.7 Å². The lowest BCUT2D eigenvalue weighted by Gasteiger charge is -2.27. The lowest BCUT2D eigenvalue weighted by Crippen LogP contribution is -2.32. The van der Waals surface area contributed by atoms with Crippen molar-refractivity contribution < 1.29 is 28.9 Å². The van der Waals surface area contributed by atoms with Gasteiger partial charge in [0.2, 0.25) is 0 Å². The van der Waals surface area contributed by atoms with Crippen molar-refractivity contribution in [2.45, 2.75) is 26.3 Å². The molecule has 1 amide bonds. The summed E-state index contributed by atoms with van der Waals surface area (Å²) in [6.45, 7) is 5.77. The maximum atomic E-state index is 13.3. The Kier molecular flexibility index (Phi) is 8.98. The number of Topliss-reactive ketones (excluding diaryl/α,β-unsaturated/α-hetero) is 1. The van der Waals surface area contributed by atoms with Gasteiger partial charge in [0.15, 0.2) is 11.5 Å². The Morgan fingerprint density at radius 1 is 1.06 bits per heavy atom. The van der Waals surface area contributed by atoms with Crippen LogP contribution in [0, 0.1) is 5.92 Å². The molecule has 0 spiro atoms. The van der Waals surface area contributed by atoms with Crippen LogP contribution in [0.1, 0.15) is 37.4 Å². The van der Waals surface area contributed by atoms with Crippen LogP contribution in [0.2, 0.25) is 0 Å². The monoisotopic (exact) mass is 496 g/mol. The van der Waals surface area contributed by atoms with E-state index in [1.165, 1.54) is 19.1 Å². The summed E-state index contributed by atoms with van der Waals surface area (Å²) in [4.78, 5) is 30.0. The van der Waals surface area contributed by atoms with E-state index in [-0.39, 0.29) is 11.3 Å². The Hall–Kier alpha value is -3.52. The molecule has 0 saturated carbocycles. The molecule has 1 N–H and O–H groups in total. The summed E-state index contributed by atoms with van der Waals surface area (Å²) >= 11 is 0. The number of ketones is 1. The first-order chi connectivity index (χ1) is 17.2. The van der Waals surface area contributed by atoms with Crippen LogP contribution in [-0.2, 0) is 9.59 Å². The fraction of sp³-hybridized carbons (Fsp3) is 0.429. The third-order valence-corrected chi connectivity index (χ3v) is 5.98. The van der Waals surface area contributed by atoms with Crippen LogP contribution in [-0.4, -0.2) is 74.6 Å². The highest BCUT2D eigenvalue weighted by atomic mass is 16.5. The molecule has 0 radical (unpaired) electrons. The molecule has 3 rings (SSSR count). The second-order valence-corrected chi connectivity index (χ2v) is 9.46. The number of para-hydroxylation sites is 1. The zero-order chi connectivity index (χ0) is 26.4. The molecule has 1 atom stereocenters. The quantitative estimate of drug-likeness (QED) is 0.285. The Labute approximate surface area is 213 Å². The summed E-state index contributed by atoms with van der Waals surface area (Å²) in [5.41, 5.74) is 1.01. The van der Waals surface area contributed by atoms with E-state index in [1.807, 2.05) is 19.0 Å². The number of hydrogen-bond acceptors (Lipinski definition) is 7. The zero-order valence-corrected chi connectivity index (χ0v) is 21.9. The van der Waals surface area contributed by atoms with Crippen LogP contribution in [0.4, 0.5) is 0 Å². The van der Waals surface area contributed by atoms with Crippen molar-refractivity contribution in [2.24, 2.45) is 5.92 Å². The van der Waals surface area contributed by atoms with Gasteiger partial charge >= 0.3 is 0 Å². The van der Waals surface area contributed by atoms with Gasteiger partial charge in [-0.15, -0.1) is 0 Å². The molecular weight excluding hydrogens is 460 g/mol. The molecular formula is C28H36N2O6. The molecule has 1 aliphatic rings. The minimum Gasteiger partial charge on any atom is -0.507 e. The molecule has 194 valence electrons. The molecule has 0 bridgehead atoms. The highest BCUT2D eigenvalue weighted by Gasteiger charge is 2.47. The lowest BCUT2D eigenvalue weighted by molar-refractivity contribution is -0.140. The van der Waals surface area contributed by atoms with Gasteiger partial charge in [-0.25, -0.2) is 0 Å². The summed E-state index contributed by atoms with van der Waals surface area (Å²) in [6.07, 6.45) is 0.657. The van der Waals surface area contributed by atoms with E-state index in [0.717, 1.165) is 6.54 Å². The van der Waals surface area contributed by atoms with Crippen molar-refractivity contribution in [1.82, 2.24) is 9.80 Å². The van der Waals surface area contributed by atoms with Gasteiger partial charge in [0, 0.05) is 17.7 Å². The minimum absolute atomic E-state index is 0.0206. The highest BCUT2D eigenvalue weighted by Crippen LogP contribution is 2.45. The number of carbonyl (C=O) groups excluding carboxylic acids is 2. The Balaban J connectivity index is 2.10. The molecule has 0 aliphatic carbocycles. The molecule has 0 aromatic heterocycles. The van der Waals surface area contributed by atoms with Crippen molar-refractivity contribution in [3.63, 3.8) is 0 Å². The van der Waals surface area contributed by atoms with Crippen molar-refractivity contribution in [3.05, 3.63) is 59.2 Å². The normalized spacial score (nSPS) is 17.2. The maximum absolute atomic E-state index is 13.3. The molecule has 1 aliphatic heterocycles. The number of aliphatic hydroxyl groups excluding tert-OH is 1. The van der Waals surface area contributed by atoms with Crippen LogP contribution in [0.25, 0.3) is 5.76 Å². The third-order valence-electron chi connectivity index (χ3n) is 5.98. The van der Waals surface area contributed by atoms with E-state index in [4.69, 9.17) is 14.2 Å². The second kappa shape index (κ2) is 11.9. The van der Waals surface area contributed by atoms with Gasteiger partial charge < -0.3 is 29.1 Å². The fourth-order valence-electron chi connectivity index (χ4n) is 4.25. The maximum Gasteiger partial charge on any atom is 0.295 e. The lowest BCUT2D eigenvalue weighted by atomic mass is 9.94. The van der Waals surface area contributed by atoms with Crippen molar-refractivity contribution in [1.29, 1.82) is 0 Å². The van der Waals surface area contributed by atoms with Gasteiger partial charge in [0.05, 0.1) is 32.4 Å². The SMILES string of the molecule is COc1cccc([C@H]2/C(=C(\O)c3ccc(OCC(C)C)cc3)C(=O)C(=O)N2CCCN(C)C)c1OC. The fourth-order valence-corrected chi connectivity index (χ4v) is 4.25. The number of benzene rings is 2. The van der Waals surface area contributed by atoms with Gasteiger partial charge in [0.1, 0.15) is 11.5 Å². The first kappa shape index (κ1) is 27.1. The van der Waals surface area contributed by atoms with Crippen molar-refractivity contribution in [3.8, 4) is 17.2 Å². The van der Waals surface area contributed by atoms with E-state index >= 15 is 0 Å². The summed E-state index contributed by atoms with van der Waals surface area (Å²) in [6, 6.07) is 11.3. The third kappa shape index (κ3) is 5.82. The second-order valence-electron chi connectivity index (χ2n) is 9.46. The Bertz CT molecular complexity index is 1110. The van der Waals surface area contributed by atoms with Gasteiger partial charge in [-0.1, -0.05) is 26.0 Å². The molecule has 1 saturated heterocycles. The first-order valence-corrected chi connectivity index (χ1v) is 12.1. The molecule has 36 heavy (non-hydrogen) atoms. The van der Waals surface area contributed by atoms with Crippen LogP contribution >= 0.6 is 0 Å². The number of likely N-dealkylation sites (tertiary alicyclic amines) is 1. The minimum atomic E-state index is -0.825. The molecule has 2 aromatic rings. The number of carbonyl (C=O) groups is 2. The standard InChI is InChI=1S/C28H36N2O6/c1-18(2)17-36-20-13-11-19(12-14-20)25(31)23-24(21-9-7-10-22(34-5)27(21)35-6)30(28(33)26(23)32)16-8-15-29(3)4/h7,9-14,18,24,31H,8,15-17H2,1-6H3/b25-23+/t24-/m0/s1. The average molecular weight is 497 g/mol. The Morgan fingerprint density at radius 2 is 1.75 bits per heavy atom. The number of aliphatic hydroxyl groups is 1. The summed E-state index contributed by atoms with van der Waals surface area (Å²) in [5.74, 6) is 0.298. The molecule has 2 aromatic carbocycles. The number of hydrogen-bond donors (Lipinski definition) is 1. The van der Waals surface area contributed by atoms with E-state index in [0.29, 0.717) is 53.9 Å². The summed E-state index contributed by atoms with van der Waals surface area (Å²) in [7, 11) is 6.94. The average Bonchev–Trinajstić information content (AvgIpc) is 3.11. The van der Waals surface area contributed by atoms with Crippen molar-refractivity contribution in [2.75, 3.05) is 48.0 Å².